The number of rotatable bonds is 2. The van der Waals surface area contributed by atoms with E-state index in [0.717, 1.165) is 24.1 Å². The standard InChI is InChI=1S/C15H15FN2O2.ClH/c16-12-3-4-14-10(6-12)2-1-5-18(14)15(19)11-7-13(8-17)20-9-11;/h3-4,6-7,9H,1-2,5,8,17H2;1H. The number of benzene rings is 1. The minimum absolute atomic E-state index is 0. The van der Waals surface area contributed by atoms with Crippen LogP contribution in [0.25, 0.3) is 0 Å². The predicted molar refractivity (Wildman–Crippen MR) is 80.2 cm³/mol. The number of amides is 1. The maximum Gasteiger partial charge on any atom is 0.261 e. The molecule has 112 valence electrons. The molecule has 0 fully saturated rings. The third-order valence-corrected chi connectivity index (χ3v) is 3.51. The van der Waals surface area contributed by atoms with Crippen molar-refractivity contribution < 1.29 is 13.6 Å². The fourth-order valence-electron chi connectivity index (χ4n) is 2.53. The molecule has 6 heteroatoms. The van der Waals surface area contributed by atoms with Gasteiger partial charge in [0.05, 0.1) is 12.1 Å². The molecule has 1 aromatic carbocycles. The van der Waals surface area contributed by atoms with Gasteiger partial charge in [0.2, 0.25) is 0 Å². The number of halogens is 2. The van der Waals surface area contributed by atoms with E-state index >= 15 is 0 Å². The van der Waals surface area contributed by atoms with Crippen LogP contribution in [0.5, 0.6) is 0 Å². The number of carbonyl (C=O) groups excluding carboxylic acids is 1. The fraction of sp³-hybridized carbons (Fsp3) is 0.267. The molecule has 3 rings (SSSR count). The summed E-state index contributed by atoms with van der Waals surface area (Å²) in [5.41, 5.74) is 7.59. The Kier molecular flexibility index (Phi) is 4.65. The number of nitrogens with zero attached hydrogens (tertiary/aromatic N) is 1. The van der Waals surface area contributed by atoms with Crippen molar-refractivity contribution >= 4 is 24.0 Å². The van der Waals surface area contributed by atoms with Crippen LogP contribution in [0.4, 0.5) is 10.1 Å². The summed E-state index contributed by atoms with van der Waals surface area (Å²) in [7, 11) is 0. The highest BCUT2D eigenvalue weighted by molar-refractivity contribution is 6.06. The molecule has 2 N–H and O–H groups in total. The first-order valence-electron chi connectivity index (χ1n) is 6.57. The summed E-state index contributed by atoms with van der Waals surface area (Å²) in [6, 6.07) is 6.19. The molecule has 0 unspecified atom stereocenters. The zero-order chi connectivity index (χ0) is 14.1. The first-order chi connectivity index (χ1) is 9.69. The average molecular weight is 311 g/mol. The number of fused-ring (bicyclic) bond motifs is 1. The van der Waals surface area contributed by atoms with E-state index in [0.29, 0.717) is 17.9 Å². The van der Waals surface area contributed by atoms with Crippen molar-refractivity contribution in [1.29, 1.82) is 0 Å². The van der Waals surface area contributed by atoms with Gasteiger partial charge in [-0.3, -0.25) is 4.79 Å². The second kappa shape index (κ2) is 6.28. The van der Waals surface area contributed by atoms with Crippen LogP contribution in [0.1, 0.15) is 28.1 Å². The first-order valence-corrected chi connectivity index (χ1v) is 6.57. The minimum atomic E-state index is -0.272. The van der Waals surface area contributed by atoms with Gasteiger partial charge in [-0.15, -0.1) is 12.4 Å². The van der Waals surface area contributed by atoms with Crippen molar-refractivity contribution in [3.05, 3.63) is 53.2 Å². The van der Waals surface area contributed by atoms with Gasteiger partial charge in [-0.05, 0) is 42.7 Å². The van der Waals surface area contributed by atoms with Crippen LogP contribution in [-0.2, 0) is 13.0 Å². The van der Waals surface area contributed by atoms with Crippen LogP contribution < -0.4 is 10.6 Å². The lowest BCUT2D eigenvalue weighted by molar-refractivity contribution is 0.0984. The second-order valence-corrected chi connectivity index (χ2v) is 4.84. The lowest BCUT2D eigenvalue weighted by Gasteiger charge is -2.29. The molecule has 0 saturated heterocycles. The molecule has 0 radical (unpaired) electrons. The van der Waals surface area contributed by atoms with E-state index in [1.54, 1.807) is 17.0 Å². The van der Waals surface area contributed by atoms with Crippen molar-refractivity contribution in [3.63, 3.8) is 0 Å². The Balaban J connectivity index is 0.00000161. The van der Waals surface area contributed by atoms with Crippen molar-refractivity contribution in [2.24, 2.45) is 5.73 Å². The lowest BCUT2D eigenvalue weighted by atomic mass is 10.0. The van der Waals surface area contributed by atoms with Gasteiger partial charge in [0.15, 0.2) is 0 Å². The van der Waals surface area contributed by atoms with E-state index in [-0.39, 0.29) is 30.7 Å². The summed E-state index contributed by atoms with van der Waals surface area (Å²) in [5, 5.41) is 0. The fourth-order valence-corrected chi connectivity index (χ4v) is 2.53. The Morgan fingerprint density at radius 1 is 1.38 bits per heavy atom. The zero-order valence-corrected chi connectivity index (χ0v) is 12.2. The summed E-state index contributed by atoms with van der Waals surface area (Å²) < 4.78 is 18.5. The van der Waals surface area contributed by atoms with Crippen LogP contribution in [0, 0.1) is 5.82 Å². The highest BCUT2D eigenvalue weighted by Gasteiger charge is 2.24. The van der Waals surface area contributed by atoms with E-state index < -0.39 is 0 Å². The van der Waals surface area contributed by atoms with Gasteiger partial charge in [0.1, 0.15) is 17.8 Å². The van der Waals surface area contributed by atoms with Crippen molar-refractivity contribution in [2.75, 3.05) is 11.4 Å². The van der Waals surface area contributed by atoms with E-state index in [9.17, 15) is 9.18 Å². The van der Waals surface area contributed by atoms with Crippen LogP contribution in [0.3, 0.4) is 0 Å². The maximum absolute atomic E-state index is 13.3. The molecule has 4 nitrogen and oxygen atoms in total. The molecular formula is C15H16ClFN2O2. The van der Waals surface area contributed by atoms with Crippen molar-refractivity contribution in [1.82, 2.24) is 0 Å². The molecule has 1 aliphatic heterocycles. The van der Waals surface area contributed by atoms with E-state index in [1.165, 1.54) is 18.4 Å². The largest absolute Gasteiger partial charge is 0.467 e. The summed E-state index contributed by atoms with van der Waals surface area (Å²) >= 11 is 0. The number of aryl methyl sites for hydroxylation is 1. The van der Waals surface area contributed by atoms with Gasteiger partial charge in [0, 0.05) is 12.2 Å². The Bertz CT molecular complexity index is 657. The lowest BCUT2D eigenvalue weighted by Crippen LogP contribution is -2.35. The van der Waals surface area contributed by atoms with Gasteiger partial charge in [0.25, 0.3) is 5.91 Å². The molecular weight excluding hydrogens is 295 g/mol. The third kappa shape index (κ3) is 2.94. The number of hydrogen-bond donors (Lipinski definition) is 1. The SMILES string of the molecule is Cl.NCc1cc(C(=O)N2CCCc3cc(F)ccc32)co1. The molecule has 2 aromatic rings. The van der Waals surface area contributed by atoms with E-state index in [4.69, 9.17) is 10.2 Å². The van der Waals surface area contributed by atoms with Gasteiger partial charge < -0.3 is 15.1 Å². The van der Waals surface area contributed by atoms with Crippen molar-refractivity contribution in [3.8, 4) is 0 Å². The minimum Gasteiger partial charge on any atom is -0.467 e. The molecule has 0 bridgehead atoms. The van der Waals surface area contributed by atoms with Crippen molar-refractivity contribution in [2.45, 2.75) is 19.4 Å². The topological polar surface area (TPSA) is 59.5 Å². The predicted octanol–water partition coefficient (Wildman–Crippen LogP) is 2.89. The maximum atomic E-state index is 13.3. The monoisotopic (exact) mass is 310 g/mol. The quantitative estimate of drug-likeness (QED) is 0.928. The van der Waals surface area contributed by atoms with E-state index in [1.807, 2.05) is 0 Å². The molecule has 0 atom stereocenters. The highest BCUT2D eigenvalue weighted by Crippen LogP contribution is 2.29. The number of nitrogens with two attached hydrogens (primary N) is 1. The summed E-state index contributed by atoms with van der Waals surface area (Å²) in [6.45, 7) is 0.885. The molecule has 0 spiro atoms. The molecule has 21 heavy (non-hydrogen) atoms. The van der Waals surface area contributed by atoms with Gasteiger partial charge in [-0.1, -0.05) is 0 Å². The average Bonchev–Trinajstić information content (AvgIpc) is 2.94. The second-order valence-electron chi connectivity index (χ2n) is 4.84. The van der Waals surface area contributed by atoms with Crippen LogP contribution in [0.15, 0.2) is 34.9 Å². The zero-order valence-electron chi connectivity index (χ0n) is 11.3. The molecule has 0 aliphatic carbocycles. The summed E-state index contributed by atoms with van der Waals surface area (Å²) in [4.78, 5) is 14.2. The van der Waals surface area contributed by atoms with Gasteiger partial charge in [-0.25, -0.2) is 4.39 Å². The highest BCUT2D eigenvalue weighted by atomic mass is 35.5. The summed E-state index contributed by atoms with van der Waals surface area (Å²) in [6.07, 6.45) is 3.03. The molecule has 0 saturated carbocycles. The molecule has 1 amide bonds. The van der Waals surface area contributed by atoms with Crippen LogP contribution in [-0.4, -0.2) is 12.5 Å². The Hall–Kier alpha value is -1.85. The van der Waals surface area contributed by atoms with Crippen LogP contribution in [0.2, 0.25) is 0 Å². The molecule has 2 heterocycles. The van der Waals surface area contributed by atoms with E-state index in [2.05, 4.69) is 0 Å². The first kappa shape index (κ1) is 15.5. The number of furan rings is 1. The van der Waals surface area contributed by atoms with Gasteiger partial charge >= 0.3 is 0 Å². The summed E-state index contributed by atoms with van der Waals surface area (Å²) in [5.74, 6) is 0.164. The van der Waals surface area contributed by atoms with Gasteiger partial charge in [-0.2, -0.15) is 0 Å². The normalized spacial score (nSPS) is 13.5. The number of hydrogen-bond acceptors (Lipinski definition) is 3. The smallest absolute Gasteiger partial charge is 0.261 e. The Morgan fingerprint density at radius 2 is 2.19 bits per heavy atom. The Morgan fingerprint density at radius 3 is 2.90 bits per heavy atom. The molecule has 1 aromatic heterocycles. The number of carbonyl (C=O) groups is 1. The van der Waals surface area contributed by atoms with Crippen LogP contribution >= 0.6 is 12.4 Å². The number of anilines is 1. The third-order valence-electron chi connectivity index (χ3n) is 3.51. The molecule has 1 aliphatic rings. The Labute approximate surface area is 128 Å².